The van der Waals surface area contributed by atoms with Crippen LogP contribution in [-0.4, -0.2) is 67.0 Å². The zero-order valence-corrected chi connectivity index (χ0v) is 12.2. The molecule has 0 saturated carbocycles. The summed E-state index contributed by atoms with van der Waals surface area (Å²) in [6.07, 6.45) is 2.21. The summed E-state index contributed by atoms with van der Waals surface area (Å²) in [5.74, 6) is -2.00. The molecule has 0 aliphatic carbocycles. The van der Waals surface area contributed by atoms with Crippen molar-refractivity contribution < 1.29 is 23.1 Å². The zero-order chi connectivity index (χ0) is 14.8. The third-order valence-corrected chi connectivity index (χ3v) is 4.55. The number of hydrogen-bond acceptors (Lipinski definition) is 4. The van der Waals surface area contributed by atoms with Crippen LogP contribution in [0.2, 0.25) is 0 Å². The van der Waals surface area contributed by atoms with Gasteiger partial charge in [-0.3, -0.25) is 9.59 Å². The first kappa shape index (κ1) is 15.9. The molecule has 1 aliphatic heterocycles. The van der Waals surface area contributed by atoms with Gasteiger partial charge in [0.2, 0.25) is 15.9 Å². The molecule has 1 saturated heterocycles. The number of rotatable bonds is 5. The second-order valence-electron chi connectivity index (χ2n) is 4.99. The summed E-state index contributed by atoms with van der Waals surface area (Å²) in [4.78, 5) is 24.2. The van der Waals surface area contributed by atoms with Gasteiger partial charge < -0.3 is 10.0 Å². The molecule has 8 heteroatoms. The van der Waals surface area contributed by atoms with Crippen LogP contribution in [0.25, 0.3) is 0 Å². The van der Waals surface area contributed by atoms with Crippen LogP contribution < -0.4 is 0 Å². The maximum absolute atomic E-state index is 12.2. The van der Waals surface area contributed by atoms with Gasteiger partial charge in [-0.15, -0.1) is 0 Å². The topological polar surface area (TPSA) is 95.0 Å². The van der Waals surface area contributed by atoms with Crippen molar-refractivity contribution in [3.63, 3.8) is 0 Å². The molecule has 0 aromatic heterocycles. The van der Waals surface area contributed by atoms with Crippen LogP contribution in [-0.2, 0) is 19.6 Å². The second-order valence-corrected chi connectivity index (χ2v) is 6.92. The lowest BCUT2D eigenvalue weighted by atomic mass is 10.1. The Bertz CT molecular complexity index is 462. The number of aliphatic carboxylic acids is 1. The molecule has 7 nitrogen and oxygen atoms in total. The molecule has 1 aliphatic rings. The maximum atomic E-state index is 12.2. The van der Waals surface area contributed by atoms with E-state index in [1.165, 1.54) is 23.2 Å². The Morgan fingerprint density at radius 1 is 1.47 bits per heavy atom. The molecule has 0 unspecified atom stereocenters. The number of carbonyl (C=O) groups excluding carboxylic acids is 1. The van der Waals surface area contributed by atoms with E-state index in [9.17, 15) is 18.0 Å². The molecule has 1 fully saturated rings. The van der Waals surface area contributed by atoms with Gasteiger partial charge in [-0.2, -0.15) is 4.31 Å². The standard InChI is InChI=1S/C11H20N2O5S/c1-8(11(15)16)7-12(2)10(14)9-5-4-6-13(9)19(3,17)18/h8-9H,4-7H2,1-3H3,(H,15,16)/t8-,9-/m1/s1. The lowest BCUT2D eigenvalue weighted by Gasteiger charge is -2.27. The first-order chi connectivity index (χ1) is 8.64. The van der Waals surface area contributed by atoms with Gasteiger partial charge >= 0.3 is 5.97 Å². The Labute approximate surface area is 113 Å². The van der Waals surface area contributed by atoms with E-state index in [1.807, 2.05) is 0 Å². The summed E-state index contributed by atoms with van der Waals surface area (Å²) in [7, 11) is -1.90. The SMILES string of the molecule is C[C@H](CN(C)C(=O)[C@H]1CCCN1S(C)(=O)=O)C(=O)O. The Balaban J connectivity index is 2.74. The van der Waals surface area contributed by atoms with E-state index in [4.69, 9.17) is 5.11 Å². The Kier molecular flexibility index (Phi) is 4.92. The van der Waals surface area contributed by atoms with E-state index in [0.717, 1.165) is 6.26 Å². The van der Waals surface area contributed by atoms with Crippen LogP contribution >= 0.6 is 0 Å². The summed E-state index contributed by atoms with van der Waals surface area (Å²) >= 11 is 0. The fraction of sp³-hybridized carbons (Fsp3) is 0.818. The molecule has 0 radical (unpaired) electrons. The van der Waals surface area contributed by atoms with Crippen LogP contribution in [0, 0.1) is 5.92 Å². The fourth-order valence-electron chi connectivity index (χ4n) is 2.22. The van der Waals surface area contributed by atoms with E-state index in [2.05, 4.69) is 0 Å². The Morgan fingerprint density at radius 2 is 2.05 bits per heavy atom. The number of likely N-dealkylation sites (N-methyl/N-ethyl adjacent to an activating group) is 1. The number of amides is 1. The molecular weight excluding hydrogens is 272 g/mol. The van der Waals surface area contributed by atoms with Crippen molar-refractivity contribution in [1.82, 2.24) is 9.21 Å². The minimum absolute atomic E-state index is 0.0717. The highest BCUT2D eigenvalue weighted by Crippen LogP contribution is 2.22. The summed E-state index contributed by atoms with van der Waals surface area (Å²) in [5.41, 5.74) is 0. The summed E-state index contributed by atoms with van der Waals surface area (Å²) < 4.78 is 24.3. The lowest BCUT2D eigenvalue weighted by molar-refractivity contribution is -0.143. The van der Waals surface area contributed by atoms with E-state index < -0.39 is 28.0 Å². The van der Waals surface area contributed by atoms with E-state index >= 15 is 0 Å². The molecule has 0 aromatic carbocycles. The van der Waals surface area contributed by atoms with Crippen LogP contribution in [0.1, 0.15) is 19.8 Å². The van der Waals surface area contributed by atoms with Crippen molar-refractivity contribution in [3.05, 3.63) is 0 Å². The number of hydrogen-bond donors (Lipinski definition) is 1. The van der Waals surface area contributed by atoms with E-state index in [1.54, 1.807) is 0 Å². The second kappa shape index (κ2) is 5.87. The quantitative estimate of drug-likeness (QED) is 0.743. The Hall–Kier alpha value is -1.15. The van der Waals surface area contributed by atoms with Gasteiger partial charge in [0.1, 0.15) is 6.04 Å². The van der Waals surface area contributed by atoms with Crippen molar-refractivity contribution >= 4 is 21.9 Å². The first-order valence-electron chi connectivity index (χ1n) is 6.09. The van der Waals surface area contributed by atoms with Gasteiger partial charge in [0, 0.05) is 20.1 Å². The lowest BCUT2D eigenvalue weighted by Crippen LogP contribution is -2.47. The number of carbonyl (C=O) groups is 2. The number of carboxylic acids is 1. The molecule has 0 aromatic rings. The minimum Gasteiger partial charge on any atom is -0.481 e. The highest BCUT2D eigenvalue weighted by molar-refractivity contribution is 7.88. The highest BCUT2D eigenvalue weighted by Gasteiger charge is 2.38. The normalized spacial score (nSPS) is 22.2. The molecule has 1 heterocycles. The van der Waals surface area contributed by atoms with Gasteiger partial charge in [-0.1, -0.05) is 6.92 Å². The van der Waals surface area contributed by atoms with Gasteiger partial charge in [-0.25, -0.2) is 8.42 Å². The van der Waals surface area contributed by atoms with Crippen molar-refractivity contribution in [2.45, 2.75) is 25.8 Å². The minimum atomic E-state index is -3.41. The van der Waals surface area contributed by atoms with Crippen LogP contribution in [0.4, 0.5) is 0 Å². The predicted molar refractivity (Wildman–Crippen MR) is 69.0 cm³/mol. The molecule has 19 heavy (non-hydrogen) atoms. The van der Waals surface area contributed by atoms with E-state index in [-0.39, 0.29) is 12.5 Å². The number of nitrogens with zero attached hydrogens (tertiary/aromatic N) is 2. The van der Waals surface area contributed by atoms with Crippen LogP contribution in [0.15, 0.2) is 0 Å². The summed E-state index contributed by atoms with van der Waals surface area (Å²) in [5, 5.41) is 8.81. The molecule has 1 rings (SSSR count). The Morgan fingerprint density at radius 3 is 2.53 bits per heavy atom. The van der Waals surface area contributed by atoms with Crippen molar-refractivity contribution in [1.29, 1.82) is 0 Å². The summed E-state index contributed by atoms with van der Waals surface area (Å²) in [6.45, 7) is 1.93. The monoisotopic (exact) mass is 292 g/mol. The van der Waals surface area contributed by atoms with Crippen molar-refractivity contribution in [2.24, 2.45) is 5.92 Å². The molecule has 110 valence electrons. The molecule has 0 spiro atoms. The third-order valence-electron chi connectivity index (χ3n) is 3.26. The number of carboxylic acid groups (broad SMARTS) is 1. The van der Waals surface area contributed by atoms with Gasteiger partial charge in [0.05, 0.1) is 12.2 Å². The first-order valence-corrected chi connectivity index (χ1v) is 7.94. The number of sulfonamides is 1. The summed E-state index contributed by atoms with van der Waals surface area (Å²) in [6, 6.07) is -0.694. The molecule has 1 N–H and O–H groups in total. The van der Waals surface area contributed by atoms with Crippen LogP contribution in [0.3, 0.4) is 0 Å². The average Bonchev–Trinajstić information content (AvgIpc) is 2.75. The molecule has 2 atom stereocenters. The van der Waals surface area contributed by atoms with Gasteiger partial charge in [0.15, 0.2) is 0 Å². The third kappa shape index (κ3) is 3.90. The molecule has 1 amide bonds. The smallest absolute Gasteiger partial charge is 0.308 e. The van der Waals surface area contributed by atoms with Gasteiger partial charge in [0.25, 0.3) is 0 Å². The zero-order valence-electron chi connectivity index (χ0n) is 11.4. The van der Waals surface area contributed by atoms with Crippen LogP contribution in [0.5, 0.6) is 0 Å². The van der Waals surface area contributed by atoms with Crippen molar-refractivity contribution in [2.75, 3.05) is 26.4 Å². The largest absolute Gasteiger partial charge is 0.481 e. The average molecular weight is 292 g/mol. The molecule has 0 bridgehead atoms. The van der Waals surface area contributed by atoms with Crippen molar-refractivity contribution in [3.8, 4) is 0 Å². The van der Waals surface area contributed by atoms with E-state index in [0.29, 0.717) is 19.4 Å². The van der Waals surface area contributed by atoms with Gasteiger partial charge in [-0.05, 0) is 12.8 Å². The molecular formula is C11H20N2O5S. The highest BCUT2D eigenvalue weighted by atomic mass is 32.2. The predicted octanol–water partition coefficient (Wildman–Crippen LogP) is -0.410. The fourth-order valence-corrected chi connectivity index (χ4v) is 3.34. The maximum Gasteiger partial charge on any atom is 0.308 e.